The molecule has 3 N–H and O–H groups in total. The number of hydrogen-bond acceptors (Lipinski definition) is 3. The number of benzene rings is 1. The monoisotopic (exact) mass is 334 g/mol. The van der Waals surface area contributed by atoms with Crippen LogP contribution in [0.2, 0.25) is 0 Å². The molecule has 6 nitrogen and oxygen atoms in total. The lowest BCUT2D eigenvalue weighted by molar-refractivity contribution is -0.137. The minimum absolute atomic E-state index is 0.0594. The Morgan fingerprint density at radius 2 is 2.04 bits per heavy atom. The third-order valence-electron chi connectivity index (χ3n) is 2.93. The standard InChI is InChI=1S/C14H17F3N2O4/c1-23-6-5-18-12(20)8-11(19-13(21)22)9-3-2-4-10(7-9)14(15,16)17/h2-4,7,11,19H,5-6,8H2,1H3,(H,18,20)(H,21,22)/t11-/m0/s1. The highest BCUT2D eigenvalue weighted by molar-refractivity contribution is 5.77. The molecule has 23 heavy (non-hydrogen) atoms. The molecule has 0 bridgehead atoms. The molecule has 1 aromatic carbocycles. The SMILES string of the molecule is COCCNC(=O)C[C@H](NC(=O)O)c1cccc(C(F)(F)F)c1. The van der Waals surface area contributed by atoms with Crippen LogP contribution in [-0.2, 0) is 15.7 Å². The van der Waals surface area contributed by atoms with Crippen molar-refractivity contribution in [3.8, 4) is 0 Å². The number of rotatable bonds is 7. The van der Waals surface area contributed by atoms with Gasteiger partial charge in [0.05, 0.1) is 24.6 Å². The number of hydrogen-bond donors (Lipinski definition) is 3. The zero-order chi connectivity index (χ0) is 17.5. The van der Waals surface area contributed by atoms with Crippen molar-refractivity contribution in [2.24, 2.45) is 0 Å². The van der Waals surface area contributed by atoms with Crippen LogP contribution < -0.4 is 10.6 Å². The smallest absolute Gasteiger partial charge is 0.416 e. The van der Waals surface area contributed by atoms with E-state index in [0.717, 1.165) is 18.2 Å². The first-order chi connectivity index (χ1) is 10.7. The number of carbonyl (C=O) groups is 2. The molecule has 128 valence electrons. The normalized spacial score (nSPS) is 12.5. The molecule has 1 aromatic rings. The summed E-state index contributed by atoms with van der Waals surface area (Å²) in [5.41, 5.74) is -0.851. The van der Waals surface area contributed by atoms with Crippen LogP contribution in [0.4, 0.5) is 18.0 Å². The van der Waals surface area contributed by atoms with Crippen LogP contribution in [0.3, 0.4) is 0 Å². The third-order valence-corrected chi connectivity index (χ3v) is 2.93. The number of amides is 2. The molecule has 0 unspecified atom stereocenters. The Balaban J connectivity index is 2.89. The molecular weight excluding hydrogens is 317 g/mol. The third kappa shape index (κ3) is 6.55. The number of carboxylic acid groups (broad SMARTS) is 1. The number of halogens is 3. The number of carbonyl (C=O) groups excluding carboxylic acids is 1. The molecule has 0 aliphatic carbocycles. The maximum absolute atomic E-state index is 12.7. The zero-order valence-corrected chi connectivity index (χ0v) is 12.3. The summed E-state index contributed by atoms with van der Waals surface area (Å²) in [6.45, 7) is 0.490. The fourth-order valence-electron chi connectivity index (χ4n) is 1.88. The molecule has 1 rings (SSSR count). The van der Waals surface area contributed by atoms with Gasteiger partial charge in [-0.25, -0.2) is 4.79 Å². The van der Waals surface area contributed by atoms with Gasteiger partial charge in [0.15, 0.2) is 0 Å². The summed E-state index contributed by atoms with van der Waals surface area (Å²) in [6, 6.07) is 3.11. The summed E-state index contributed by atoms with van der Waals surface area (Å²) in [6.07, 6.45) is -6.31. The van der Waals surface area contributed by atoms with E-state index >= 15 is 0 Å². The van der Waals surface area contributed by atoms with E-state index in [2.05, 4.69) is 10.6 Å². The first kappa shape index (κ1) is 18.8. The lowest BCUT2D eigenvalue weighted by Gasteiger charge is -2.18. The second-order valence-electron chi connectivity index (χ2n) is 4.67. The van der Waals surface area contributed by atoms with Gasteiger partial charge in [-0.2, -0.15) is 13.2 Å². The van der Waals surface area contributed by atoms with Crippen molar-refractivity contribution in [3.63, 3.8) is 0 Å². The summed E-state index contributed by atoms with van der Waals surface area (Å²) in [7, 11) is 1.45. The highest BCUT2D eigenvalue weighted by Gasteiger charge is 2.31. The molecule has 0 radical (unpaired) electrons. The van der Waals surface area contributed by atoms with Gasteiger partial charge in [-0.3, -0.25) is 4.79 Å². The fourth-order valence-corrected chi connectivity index (χ4v) is 1.88. The molecule has 9 heteroatoms. The van der Waals surface area contributed by atoms with Gasteiger partial charge in [-0.1, -0.05) is 12.1 Å². The summed E-state index contributed by atoms with van der Waals surface area (Å²) in [4.78, 5) is 22.6. The highest BCUT2D eigenvalue weighted by atomic mass is 19.4. The van der Waals surface area contributed by atoms with Crippen LogP contribution in [0.15, 0.2) is 24.3 Å². The summed E-state index contributed by atoms with van der Waals surface area (Å²) in [5.74, 6) is -0.502. The predicted molar refractivity (Wildman–Crippen MR) is 74.8 cm³/mol. The maximum Gasteiger partial charge on any atom is 0.416 e. The largest absolute Gasteiger partial charge is 0.465 e. The second kappa shape index (κ2) is 8.37. The van der Waals surface area contributed by atoms with Crippen LogP contribution in [0.25, 0.3) is 0 Å². The predicted octanol–water partition coefficient (Wildman–Crippen LogP) is 2.17. The van der Waals surface area contributed by atoms with Gasteiger partial charge in [-0.15, -0.1) is 0 Å². The Kier molecular flexibility index (Phi) is 6.83. The minimum Gasteiger partial charge on any atom is -0.465 e. The number of alkyl halides is 3. The number of methoxy groups -OCH3 is 1. The second-order valence-corrected chi connectivity index (χ2v) is 4.67. The van der Waals surface area contributed by atoms with Crippen LogP contribution in [0, 0.1) is 0 Å². The van der Waals surface area contributed by atoms with E-state index in [-0.39, 0.29) is 25.1 Å². The van der Waals surface area contributed by atoms with Crippen LogP contribution >= 0.6 is 0 Å². The van der Waals surface area contributed by atoms with E-state index in [1.807, 2.05) is 0 Å². The maximum atomic E-state index is 12.7. The van der Waals surface area contributed by atoms with Crippen LogP contribution in [0.1, 0.15) is 23.6 Å². The Labute approximate surface area is 130 Å². The van der Waals surface area contributed by atoms with Crippen molar-refractivity contribution < 1.29 is 32.6 Å². The first-order valence-electron chi connectivity index (χ1n) is 6.66. The van der Waals surface area contributed by atoms with E-state index in [1.54, 1.807) is 0 Å². The van der Waals surface area contributed by atoms with Gasteiger partial charge in [0, 0.05) is 13.7 Å². The molecule has 0 aliphatic rings. The van der Waals surface area contributed by atoms with Crippen molar-refractivity contribution in [2.45, 2.75) is 18.6 Å². The number of nitrogens with one attached hydrogen (secondary N) is 2. The van der Waals surface area contributed by atoms with Crippen molar-refractivity contribution in [1.29, 1.82) is 0 Å². The zero-order valence-electron chi connectivity index (χ0n) is 12.3. The van der Waals surface area contributed by atoms with Crippen molar-refractivity contribution in [2.75, 3.05) is 20.3 Å². The molecule has 1 atom stereocenters. The van der Waals surface area contributed by atoms with Gasteiger partial charge in [0.25, 0.3) is 0 Å². The van der Waals surface area contributed by atoms with Gasteiger partial charge < -0.3 is 20.5 Å². The van der Waals surface area contributed by atoms with E-state index in [0.29, 0.717) is 0 Å². The Bertz CT molecular complexity index is 549. The Hall–Kier alpha value is -2.29. The lowest BCUT2D eigenvalue weighted by atomic mass is 10.0. The molecule has 0 aromatic heterocycles. The molecule has 0 aliphatic heterocycles. The molecule has 0 heterocycles. The van der Waals surface area contributed by atoms with Gasteiger partial charge in [-0.05, 0) is 17.7 Å². The van der Waals surface area contributed by atoms with E-state index in [1.165, 1.54) is 13.2 Å². The van der Waals surface area contributed by atoms with E-state index < -0.39 is 29.8 Å². The van der Waals surface area contributed by atoms with E-state index in [4.69, 9.17) is 9.84 Å². The van der Waals surface area contributed by atoms with Crippen molar-refractivity contribution in [3.05, 3.63) is 35.4 Å². The highest BCUT2D eigenvalue weighted by Crippen LogP contribution is 2.31. The quantitative estimate of drug-likeness (QED) is 0.667. The summed E-state index contributed by atoms with van der Waals surface area (Å²) in [5, 5.41) is 13.4. The Morgan fingerprint density at radius 1 is 1.35 bits per heavy atom. The summed E-state index contributed by atoms with van der Waals surface area (Å²) >= 11 is 0. The molecule has 0 fully saturated rings. The van der Waals surface area contributed by atoms with Crippen LogP contribution in [0.5, 0.6) is 0 Å². The molecular formula is C14H17F3N2O4. The van der Waals surface area contributed by atoms with Crippen molar-refractivity contribution >= 4 is 12.0 Å². The molecule has 0 spiro atoms. The van der Waals surface area contributed by atoms with Crippen LogP contribution in [-0.4, -0.2) is 37.4 Å². The van der Waals surface area contributed by atoms with Gasteiger partial charge in [0.2, 0.25) is 5.91 Å². The van der Waals surface area contributed by atoms with E-state index in [9.17, 15) is 22.8 Å². The minimum atomic E-state index is -4.55. The lowest BCUT2D eigenvalue weighted by Crippen LogP contribution is -2.34. The van der Waals surface area contributed by atoms with Gasteiger partial charge >= 0.3 is 12.3 Å². The van der Waals surface area contributed by atoms with Gasteiger partial charge in [0.1, 0.15) is 0 Å². The van der Waals surface area contributed by atoms with Crippen molar-refractivity contribution in [1.82, 2.24) is 10.6 Å². The molecule has 0 saturated carbocycles. The average Bonchev–Trinajstić information content (AvgIpc) is 2.45. The molecule has 2 amide bonds. The Morgan fingerprint density at radius 3 is 2.61 bits per heavy atom. The number of ether oxygens (including phenoxy) is 1. The summed E-state index contributed by atoms with van der Waals surface area (Å²) < 4.78 is 42.9. The first-order valence-corrected chi connectivity index (χ1v) is 6.66. The fraction of sp³-hybridized carbons (Fsp3) is 0.429. The average molecular weight is 334 g/mol. The molecule has 0 saturated heterocycles. The topological polar surface area (TPSA) is 87.7 Å².